The molecule has 3 aromatic heterocycles. The van der Waals surface area contributed by atoms with Gasteiger partial charge in [0.2, 0.25) is 5.91 Å². The summed E-state index contributed by atoms with van der Waals surface area (Å²) in [5, 5.41) is 1.18. The molecule has 4 rings (SSSR count). The van der Waals surface area contributed by atoms with Gasteiger partial charge in [0.15, 0.2) is 5.65 Å². The quantitative estimate of drug-likeness (QED) is 0.578. The van der Waals surface area contributed by atoms with E-state index in [0.29, 0.717) is 18.0 Å². The van der Waals surface area contributed by atoms with E-state index in [0.717, 1.165) is 16.7 Å². The molecule has 26 heavy (non-hydrogen) atoms. The highest BCUT2D eigenvalue weighted by molar-refractivity contribution is 5.91. The average molecular weight is 345 g/mol. The van der Waals surface area contributed by atoms with Crippen LogP contribution in [0.2, 0.25) is 0 Å². The summed E-state index contributed by atoms with van der Waals surface area (Å²) in [6.07, 6.45) is 4.90. The Hall–Kier alpha value is -3.41. The van der Waals surface area contributed by atoms with E-state index >= 15 is 0 Å². The second kappa shape index (κ2) is 6.48. The van der Waals surface area contributed by atoms with Crippen molar-refractivity contribution < 1.29 is 4.79 Å². The number of likely N-dealkylation sites (N-methyl/N-ethyl adjacent to an activating group) is 1. The van der Waals surface area contributed by atoms with Crippen molar-refractivity contribution in [2.45, 2.75) is 6.54 Å². The number of para-hydroxylation sites is 1. The fourth-order valence-corrected chi connectivity index (χ4v) is 3.04. The highest BCUT2D eigenvalue weighted by atomic mass is 16.2. The molecule has 0 aliphatic rings. The number of carbonyl (C=O) groups excluding carboxylic acids is 1. The molecule has 1 N–H and O–H groups in total. The van der Waals surface area contributed by atoms with Gasteiger partial charge in [0, 0.05) is 37.6 Å². The van der Waals surface area contributed by atoms with Crippen LogP contribution in [0.4, 0.5) is 0 Å². The van der Waals surface area contributed by atoms with Gasteiger partial charge < -0.3 is 14.5 Å². The van der Waals surface area contributed by atoms with E-state index in [4.69, 9.17) is 0 Å². The van der Waals surface area contributed by atoms with Gasteiger partial charge in [-0.3, -0.25) is 4.79 Å². The lowest BCUT2D eigenvalue weighted by atomic mass is 10.2. The van der Waals surface area contributed by atoms with Crippen molar-refractivity contribution >= 4 is 34.1 Å². The number of aryl methyl sites for hydroxylation is 1. The summed E-state index contributed by atoms with van der Waals surface area (Å²) in [5.41, 5.74) is 3.74. The molecular formula is C20H19N5O. The molecule has 4 aromatic rings. The van der Waals surface area contributed by atoms with Crippen molar-refractivity contribution in [2.75, 3.05) is 7.05 Å². The van der Waals surface area contributed by atoms with Gasteiger partial charge in [0.25, 0.3) is 0 Å². The zero-order valence-corrected chi connectivity index (χ0v) is 14.7. The van der Waals surface area contributed by atoms with Crippen molar-refractivity contribution in [3.05, 3.63) is 66.3 Å². The predicted molar refractivity (Wildman–Crippen MR) is 102 cm³/mol. The zero-order chi connectivity index (χ0) is 18.1. The van der Waals surface area contributed by atoms with Crippen LogP contribution in [0.25, 0.3) is 28.1 Å². The van der Waals surface area contributed by atoms with Crippen LogP contribution in [0.5, 0.6) is 0 Å². The van der Waals surface area contributed by atoms with Gasteiger partial charge in [-0.1, -0.05) is 18.2 Å². The lowest BCUT2D eigenvalue weighted by Gasteiger charge is -2.15. The number of aromatic nitrogens is 4. The van der Waals surface area contributed by atoms with Gasteiger partial charge >= 0.3 is 0 Å². The minimum absolute atomic E-state index is 0.0799. The average Bonchev–Trinajstić information content (AvgIpc) is 3.21. The Morgan fingerprint density at radius 1 is 1.27 bits per heavy atom. The first kappa shape index (κ1) is 16.1. The standard InChI is InChI=1S/C20H19N5O/c1-24(13-15-12-14-6-3-4-8-17(14)25(15)2)19(26)10-9-18-22-16-7-5-11-21-20(16)23-18/h3-12H,13H2,1-2H3,(H,21,22,23). The molecule has 0 saturated heterocycles. The molecule has 0 spiro atoms. The maximum Gasteiger partial charge on any atom is 0.246 e. The lowest BCUT2D eigenvalue weighted by Crippen LogP contribution is -2.25. The van der Waals surface area contributed by atoms with Crippen molar-refractivity contribution in [1.29, 1.82) is 0 Å². The van der Waals surface area contributed by atoms with Crippen molar-refractivity contribution in [3.8, 4) is 0 Å². The molecule has 6 nitrogen and oxygen atoms in total. The lowest BCUT2D eigenvalue weighted by molar-refractivity contribution is -0.125. The summed E-state index contributed by atoms with van der Waals surface area (Å²) in [7, 11) is 3.82. The molecule has 3 heterocycles. The monoisotopic (exact) mass is 345 g/mol. The third-order valence-electron chi connectivity index (χ3n) is 4.49. The van der Waals surface area contributed by atoms with Gasteiger partial charge in [-0.05, 0) is 35.7 Å². The highest BCUT2D eigenvalue weighted by Gasteiger charge is 2.11. The predicted octanol–water partition coefficient (Wildman–Crippen LogP) is 3.12. The topological polar surface area (TPSA) is 66.8 Å². The van der Waals surface area contributed by atoms with Gasteiger partial charge in [-0.2, -0.15) is 0 Å². The third-order valence-corrected chi connectivity index (χ3v) is 4.49. The van der Waals surface area contributed by atoms with E-state index in [-0.39, 0.29) is 5.91 Å². The third kappa shape index (κ3) is 2.97. The number of amides is 1. The molecule has 0 aliphatic heterocycles. The fourth-order valence-electron chi connectivity index (χ4n) is 3.04. The molecule has 0 radical (unpaired) electrons. The number of H-pyrrole nitrogens is 1. The number of imidazole rings is 1. The fraction of sp³-hybridized carbons (Fsp3) is 0.150. The van der Waals surface area contributed by atoms with Crippen LogP contribution in [-0.4, -0.2) is 37.4 Å². The van der Waals surface area contributed by atoms with Crippen molar-refractivity contribution in [1.82, 2.24) is 24.4 Å². The van der Waals surface area contributed by atoms with Crippen LogP contribution in [0.15, 0.2) is 54.7 Å². The van der Waals surface area contributed by atoms with E-state index in [2.05, 4.69) is 37.7 Å². The largest absolute Gasteiger partial charge is 0.346 e. The molecule has 0 fully saturated rings. The number of aromatic amines is 1. The van der Waals surface area contributed by atoms with Gasteiger partial charge in [0.1, 0.15) is 5.82 Å². The summed E-state index contributed by atoms with van der Waals surface area (Å²) in [6.45, 7) is 0.538. The van der Waals surface area contributed by atoms with Crippen LogP contribution in [0.3, 0.4) is 0 Å². The van der Waals surface area contributed by atoms with Gasteiger partial charge in [-0.25, -0.2) is 9.97 Å². The first-order chi connectivity index (χ1) is 12.6. The first-order valence-corrected chi connectivity index (χ1v) is 8.39. The second-order valence-electron chi connectivity index (χ2n) is 6.28. The van der Waals surface area contributed by atoms with E-state index in [1.54, 1.807) is 24.2 Å². The molecule has 0 atom stereocenters. The van der Waals surface area contributed by atoms with E-state index in [1.807, 2.05) is 31.3 Å². The molecule has 1 amide bonds. The Morgan fingerprint density at radius 2 is 2.12 bits per heavy atom. The number of nitrogens with zero attached hydrogens (tertiary/aromatic N) is 4. The second-order valence-corrected chi connectivity index (χ2v) is 6.28. The molecule has 0 aliphatic carbocycles. The van der Waals surface area contributed by atoms with Crippen molar-refractivity contribution in [2.24, 2.45) is 7.05 Å². The van der Waals surface area contributed by atoms with Gasteiger partial charge in [-0.15, -0.1) is 0 Å². The molecule has 0 saturated carbocycles. The van der Waals surface area contributed by atoms with Crippen LogP contribution in [0, 0.1) is 0 Å². The normalized spacial score (nSPS) is 11.6. The molecule has 0 unspecified atom stereocenters. The Morgan fingerprint density at radius 3 is 2.92 bits per heavy atom. The summed E-state index contributed by atoms with van der Waals surface area (Å²) in [5.74, 6) is 0.536. The van der Waals surface area contributed by atoms with Gasteiger partial charge in [0.05, 0.1) is 12.1 Å². The Balaban J connectivity index is 1.49. The van der Waals surface area contributed by atoms with Crippen LogP contribution in [0.1, 0.15) is 11.5 Å². The minimum Gasteiger partial charge on any atom is -0.346 e. The van der Waals surface area contributed by atoms with Crippen LogP contribution >= 0.6 is 0 Å². The first-order valence-electron chi connectivity index (χ1n) is 8.39. The molecule has 6 heteroatoms. The highest BCUT2D eigenvalue weighted by Crippen LogP contribution is 2.19. The number of hydrogen-bond donors (Lipinski definition) is 1. The van der Waals surface area contributed by atoms with E-state index < -0.39 is 0 Å². The SMILES string of the molecule is CN(Cc1cc2ccccc2n1C)C(=O)C=Cc1nc2ncccc2[nH]1. The summed E-state index contributed by atoms with van der Waals surface area (Å²) in [6, 6.07) is 14.1. The zero-order valence-electron chi connectivity index (χ0n) is 14.7. The number of fused-ring (bicyclic) bond motifs is 2. The Kier molecular flexibility index (Phi) is 4.01. The number of benzene rings is 1. The van der Waals surface area contributed by atoms with E-state index in [1.165, 1.54) is 11.5 Å². The summed E-state index contributed by atoms with van der Waals surface area (Å²) >= 11 is 0. The Labute approximate surface area is 150 Å². The van der Waals surface area contributed by atoms with Crippen LogP contribution in [-0.2, 0) is 18.4 Å². The number of pyridine rings is 1. The molecule has 130 valence electrons. The summed E-state index contributed by atoms with van der Waals surface area (Å²) < 4.78 is 2.12. The minimum atomic E-state index is -0.0799. The van der Waals surface area contributed by atoms with Crippen LogP contribution < -0.4 is 0 Å². The maximum atomic E-state index is 12.4. The smallest absolute Gasteiger partial charge is 0.246 e. The number of hydrogen-bond acceptors (Lipinski definition) is 3. The summed E-state index contributed by atoms with van der Waals surface area (Å²) in [4.78, 5) is 25.8. The Bertz CT molecular complexity index is 1090. The molecular weight excluding hydrogens is 326 g/mol. The molecule has 0 bridgehead atoms. The number of carbonyl (C=O) groups is 1. The number of nitrogens with one attached hydrogen (secondary N) is 1. The van der Waals surface area contributed by atoms with E-state index in [9.17, 15) is 4.79 Å². The number of rotatable bonds is 4. The van der Waals surface area contributed by atoms with Crippen molar-refractivity contribution in [3.63, 3.8) is 0 Å². The maximum absolute atomic E-state index is 12.4. The molecule has 1 aromatic carbocycles.